The molecule has 1 saturated carbocycles. The lowest BCUT2D eigenvalue weighted by molar-refractivity contribution is 0.201. The largest absolute Gasteiger partial charge is 0.327 e. The number of hydrogen-bond acceptors (Lipinski definition) is 2. The van der Waals surface area contributed by atoms with Crippen LogP contribution in [0, 0.1) is 0 Å². The zero-order valence-corrected chi connectivity index (χ0v) is 10.4. The fraction of sp³-hybridized carbons (Fsp3) is 0.600. The summed E-state index contributed by atoms with van der Waals surface area (Å²) >= 11 is 0. The van der Waals surface area contributed by atoms with Gasteiger partial charge >= 0.3 is 0 Å². The van der Waals surface area contributed by atoms with Gasteiger partial charge in [-0.25, -0.2) is 0 Å². The first-order chi connectivity index (χ1) is 8.33. The highest BCUT2D eigenvalue weighted by Crippen LogP contribution is 2.41. The zero-order valence-electron chi connectivity index (χ0n) is 10.4. The molecule has 2 aliphatic rings. The van der Waals surface area contributed by atoms with Crippen molar-refractivity contribution in [3.8, 4) is 0 Å². The van der Waals surface area contributed by atoms with Crippen molar-refractivity contribution in [3.05, 3.63) is 35.4 Å². The topological polar surface area (TPSA) is 29.3 Å². The summed E-state index contributed by atoms with van der Waals surface area (Å²) in [6.07, 6.45) is 5.22. The van der Waals surface area contributed by atoms with E-state index < -0.39 is 0 Å². The average Bonchev–Trinajstić information content (AvgIpc) is 3.14. The van der Waals surface area contributed by atoms with Crippen LogP contribution < -0.4 is 5.73 Å². The van der Waals surface area contributed by atoms with Gasteiger partial charge in [-0.2, -0.15) is 0 Å². The van der Waals surface area contributed by atoms with Gasteiger partial charge in [0.25, 0.3) is 0 Å². The molecule has 1 aliphatic carbocycles. The molecule has 0 amide bonds. The number of piperidine rings is 1. The Morgan fingerprint density at radius 2 is 2.00 bits per heavy atom. The van der Waals surface area contributed by atoms with E-state index in [-0.39, 0.29) is 0 Å². The summed E-state index contributed by atoms with van der Waals surface area (Å²) in [7, 11) is 0. The predicted octanol–water partition coefficient (Wildman–Crippen LogP) is 2.49. The quantitative estimate of drug-likeness (QED) is 0.864. The lowest BCUT2D eigenvalue weighted by Crippen LogP contribution is -2.42. The van der Waals surface area contributed by atoms with Crippen molar-refractivity contribution in [2.75, 3.05) is 13.1 Å². The SMILES string of the molecule is NC1CCCN(Cc2ccccc2C2CC2)C1. The van der Waals surface area contributed by atoms with Crippen LogP contribution in [0.5, 0.6) is 0 Å². The molecule has 1 aliphatic heterocycles. The van der Waals surface area contributed by atoms with Crippen LogP contribution in [-0.2, 0) is 6.54 Å². The molecule has 2 nitrogen and oxygen atoms in total. The van der Waals surface area contributed by atoms with E-state index in [1.54, 1.807) is 5.56 Å². The lowest BCUT2D eigenvalue weighted by Gasteiger charge is -2.31. The maximum atomic E-state index is 6.05. The molecular weight excluding hydrogens is 208 g/mol. The van der Waals surface area contributed by atoms with Crippen LogP contribution in [-0.4, -0.2) is 24.0 Å². The van der Waals surface area contributed by atoms with Gasteiger partial charge in [-0.1, -0.05) is 24.3 Å². The summed E-state index contributed by atoms with van der Waals surface area (Å²) in [6, 6.07) is 9.35. The maximum absolute atomic E-state index is 6.05. The van der Waals surface area contributed by atoms with Crippen molar-refractivity contribution in [2.24, 2.45) is 5.73 Å². The minimum atomic E-state index is 0.386. The Morgan fingerprint density at radius 1 is 1.18 bits per heavy atom. The molecule has 0 aromatic heterocycles. The van der Waals surface area contributed by atoms with Crippen LogP contribution in [0.4, 0.5) is 0 Å². The number of nitrogens with zero attached hydrogens (tertiary/aromatic N) is 1. The number of benzene rings is 1. The summed E-state index contributed by atoms with van der Waals surface area (Å²) in [5, 5.41) is 0. The van der Waals surface area contributed by atoms with Gasteiger partial charge in [-0.15, -0.1) is 0 Å². The number of likely N-dealkylation sites (tertiary alicyclic amines) is 1. The normalized spacial score (nSPS) is 26.1. The Morgan fingerprint density at radius 3 is 2.76 bits per heavy atom. The molecule has 1 heterocycles. The summed E-state index contributed by atoms with van der Waals surface area (Å²) in [6.45, 7) is 3.38. The van der Waals surface area contributed by atoms with E-state index in [4.69, 9.17) is 5.73 Å². The van der Waals surface area contributed by atoms with Gasteiger partial charge in [-0.05, 0) is 49.3 Å². The van der Waals surface area contributed by atoms with Gasteiger partial charge in [0.05, 0.1) is 0 Å². The second kappa shape index (κ2) is 4.79. The Hall–Kier alpha value is -0.860. The minimum Gasteiger partial charge on any atom is -0.327 e. The zero-order chi connectivity index (χ0) is 11.7. The average molecular weight is 230 g/mol. The van der Waals surface area contributed by atoms with E-state index in [9.17, 15) is 0 Å². The summed E-state index contributed by atoms with van der Waals surface area (Å²) in [5.74, 6) is 0.852. The van der Waals surface area contributed by atoms with Crippen LogP contribution in [0.15, 0.2) is 24.3 Å². The molecule has 2 N–H and O–H groups in total. The highest BCUT2D eigenvalue weighted by Gasteiger charge is 2.26. The Bertz CT molecular complexity index is 384. The Balaban J connectivity index is 1.71. The van der Waals surface area contributed by atoms with E-state index in [1.807, 2.05) is 0 Å². The third kappa shape index (κ3) is 2.70. The Labute approximate surface area is 104 Å². The van der Waals surface area contributed by atoms with Gasteiger partial charge in [0.2, 0.25) is 0 Å². The van der Waals surface area contributed by atoms with Gasteiger partial charge < -0.3 is 5.73 Å². The molecule has 0 radical (unpaired) electrons. The van der Waals surface area contributed by atoms with Gasteiger partial charge in [0.15, 0.2) is 0 Å². The van der Waals surface area contributed by atoms with Crippen LogP contribution in [0.1, 0.15) is 42.7 Å². The lowest BCUT2D eigenvalue weighted by atomic mass is 10.0. The molecule has 1 unspecified atom stereocenters. The van der Waals surface area contributed by atoms with Crippen LogP contribution >= 0.6 is 0 Å². The predicted molar refractivity (Wildman–Crippen MR) is 70.9 cm³/mol. The molecule has 0 bridgehead atoms. The third-order valence-corrected chi connectivity index (χ3v) is 4.01. The first-order valence-electron chi connectivity index (χ1n) is 6.88. The molecule has 2 fully saturated rings. The molecule has 1 saturated heterocycles. The maximum Gasteiger partial charge on any atom is 0.0237 e. The monoisotopic (exact) mass is 230 g/mol. The van der Waals surface area contributed by atoms with Crippen molar-refractivity contribution < 1.29 is 0 Å². The van der Waals surface area contributed by atoms with Crippen LogP contribution in [0.2, 0.25) is 0 Å². The molecule has 1 aromatic rings. The summed E-state index contributed by atoms with van der Waals surface area (Å²) < 4.78 is 0. The van der Waals surface area contributed by atoms with Crippen LogP contribution in [0.3, 0.4) is 0 Å². The fourth-order valence-electron chi connectivity index (χ4n) is 2.95. The van der Waals surface area contributed by atoms with E-state index in [1.165, 1.54) is 37.8 Å². The highest BCUT2D eigenvalue weighted by atomic mass is 15.1. The molecule has 92 valence electrons. The van der Waals surface area contributed by atoms with Gasteiger partial charge in [0.1, 0.15) is 0 Å². The van der Waals surface area contributed by atoms with Gasteiger partial charge in [-0.3, -0.25) is 4.90 Å². The van der Waals surface area contributed by atoms with Crippen molar-refractivity contribution in [1.29, 1.82) is 0 Å². The molecule has 2 heteroatoms. The van der Waals surface area contributed by atoms with Crippen molar-refractivity contribution in [2.45, 2.75) is 44.2 Å². The second-order valence-corrected chi connectivity index (χ2v) is 5.61. The van der Waals surface area contributed by atoms with Crippen LogP contribution in [0.25, 0.3) is 0 Å². The van der Waals surface area contributed by atoms with E-state index in [0.29, 0.717) is 6.04 Å². The minimum absolute atomic E-state index is 0.386. The smallest absolute Gasteiger partial charge is 0.0237 e. The Kier molecular flexibility index (Phi) is 3.17. The van der Waals surface area contributed by atoms with Gasteiger partial charge in [0, 0.05) is 19.1 Å². The standard InChI is InChI=1S/C15H22N2/c16-14-5-3-9-17(11-14)10-13-4-1-2-6-15(13)12-7-8-12/h1-2,4,6,12,14H,3,5,7-11,16H2. The molecule has 1 atom stereocenters. The number of rotatable bonds is 3. The molecule has 3 rings (SSSR count). The molecule has 17 heavy (non-hydrogen) atoms. The second-order valence-electron chi connectivity index (χ2n) is 5.61. The van der Waals surface area contributed by atoms with Crippen molar-refractivity contribution in [1.82, 2.24) is 4.90 Å². The fourth-order valence-corrected chi connectivity index (χ4v) is 2.95. The van der Waals surface area contributed by atoms with E-state index in [0.717, 1.165) is 19.0 Å². The summed E-state index contributed by atoms with van der Waals surface area (Å²) in [4.78, 5) is 2.52. The van der Waals surface area contributed by atoms with Crippen molar-refractivity contribution >= 4 is 0 Å². The molecule has 1 aromatic carbocycles. The summed E-state index contributed by atoms with van der Waals surface area (Å²) in [5.41, 5.74) is 9.17. The first-order valence-corrected chi connectivity index (χ1v) is 6.88. The van der Waals surface area contributed by atoms with E-state index >= 15 is 0 Å². The number of nitrogens with two attached hydrogens (primary N) is 1. The van der Waals surface area contributed by atoms with E-state index in [2.05, 4.69) is 29.2 Å². The first kappa shape index (κ1) is 11.2. The number of hydrogen-bond donors (Lipinski definition) is 1. The highest BCUT2D eigenvalue weighted by molar-refractivity contribution is 5.33. The van der Waals surface area contributed by atoms with Crippen molar-refractivity contribution in [3.63, 3.8) is 0 Å². The molecular formula is C15H22N2. The third-order valence-electron chi connectivity index (χ3n) is 4.01. The molecule has 0 spiro atoms.